The van der Waals surface area contributed by atoms with Gasteiger partial charge >= 0.3 is 0 Å². The van der Waals surface area contributed by atoms with Crippen molar-refractivity contribution in [3.8, 4) is 5.75 Å². The Hall–Kier alpha value is -1.92. The van der Waals surface area contributed by atoms with Crippen molar-refractivity contribution in [2.45, 2.75) is 20.4 Å². The van der Waals surface area contributed by atoms with Crippen molar-refractivity contribution in [1.82, 2.24) is 24.6 Å². The maximum Gasteiger partial charge on any atom is 0.146 e. The van der Waals surface area contributed by atoms with E-state index in [-0.39, 0.29) is 0 Å². The molecule has 0 unspecified atom stereocenters. The number of nitrogens with zero attached hydrogens (tertiary/aromatic N) is 5. The third kappa shape index (κ3) is 4.33. The van der Waals surface area contributed by atoms with Crippen LogP contribution in [0.3, 0.4) is 0 Å². The molecule has 1 aliphatic rings. The summed E-state index contributed by atoms with van der Waals surface area (Å²) in [6, 6.07) is 8.23. The molecule has 6 nitrogen and oxygen atoms in total. The number of aromatic nitrogens is 3. The molecular formula is C18H27N5O. The molecule has 1 saturated heterocycles. The van der Waals surface area contributed by atoms with Crippen LogP contribution in [0.15, 0.2) is 24.3 Å². The Morgan fingerprint density at radius 2 is 1.79 bits per heavy atom. The van der Waals surface area contributed by atoms with Gasteiger partial charge < -0.3 is 9.30 Å². The van der Waals surface area contributed by atoms with E-state index in [1.165, 1.54) is 5.56 Å². The van der Waals surface area contributed by atoms with Crippen LogP contribution in [0.2, 0.25) is 0 Å². The molecule has 0 saturated carbocycles. The number of ether oxygens (including phenoxy) is 1. The first-order chi connectivity index (χ1) is 11.6. The molecule has 0 N–H and O–H groups in total. The fourth-order valence-corrected chi connectivity index (χ4v) is 2.96. The van der Waals surface area contributed by atoms with Gasteiger partial charge in [-0.1, -0.05) is 12.1 Å². The lowest BCUT2D eigenvalue weighted by molar-refractivity contribution is 0.110. The quantitative estimate of drug-likeness (QED) is 0.806. The summed E-state index contributed by atoms with van der Waals surface area (Å²) in [6.07, 6.45) is 0. The number of benzene rings is 1. The fraction of sp³-hybridized carbons (Fsp3) is 0.556. The number of hydrogen-bond donors (Lipinski definition) is 0. The van der Waals surface area contributed by atoms with E-state index in [2.05, 4.69) is 43.6 Å². The summed E-state index contributed by atoms with van der Waals surface area (Å²) in [4.78, 5) is 4.91. The molecule has 1 aromatic carbocycles. The molecule has 130 valence electrons. The van der Waals surface area contributed by atoms with Gasteiger partial charge in [0.1, 0.15) is 24.0 Å². The van der Waals surface area contributed by atoms with Crippen LogP contribution in [0.5, 0.6) is 5.75 Å². The van der Waals surface area contributed by atoms with Crippen LogP contribution < -0.4 is 4.74 Å². The molecular weight excluding hydrogens is 302 g/mol. The van der Waals surface area contributed by atoms with Crippen molar-refractivity contribution >= 4 is 0 Å². The van der Waals surface area contributed by atoms with E-state index in [9.17, 15) is 0 Å². The molecule has 2 aromatic rings. The minimum atomic E-state index is 0.742. The first kappa shape index (κ1) is 16.9. The Balaban J connectivity index is 1.38. The van der Waals surface area contributed by atoms with Gasteiger partial charge in [0.2, 0.25) is 0 Å². The monoisotopic (exact) mass is 329 g/mol. The standard InChI is InChI=1S/C18H27N5O/c1-15-5-4-6-17(13-15)24-12-11-22-7-9-23(10-8-22)14-18-20-19-16(2)21(18)3/h4-6,13H,7-12,14H2,1-3H3. The van der Waals surface area contributed by atoms with E-state index in [1.54, 1.807) is 0 Å². The number of rotatable bonds is 6. The highest BCUT2D eigenvalue weighted by Crippen LogP contribution is 2.12. The van der Waals surface area contributed by atoms with E-state index >= 15 is 0 Å². The van der Waals surface area contributed by atoms with Gasteiger partial charge in [0, 0.05) is 39.8 Å². The largest absolute Gasteiger partial charge is 0.492 e. The second kappa shape index (κ2) is 7.77. The van der Waals surface area contributed by atoms with Crippen molar-refractivity contribution in [3.63, 3.8) is 0 Å². The van der Waals surface area contributed by atoms with Gasteiger partial charge in [-0.25, -0.2) is 0 Å². The second-order valence-corrected chi connectivity index (χ2v) is 6.51. The molecule has 0 bridgehead atoms. The summed E-state index contributed by atoms with van der Waals surface area (Å²) in [5.74, 6) is 2.98. The average Bonchev–Trinajstić information content (AvgIpc) is 2.89. The van der Waals surface area contributed by atoms with Crippen LogP contribution in [0.4, 0.5) is 0 Å². The summed E-state index contributed by atoms with van der Waals surface area (Å²) in [5.41, 5.74) is 1.24. The average molecular weight is 329 g/mol. The normalized spacial score (nSPS) is 16.5. The van der Waals surface area contributed by atoms with Crippen LogP contribution in [0, 0.1) is 13.8 Å². The number of piperazine rings is 1. The van der Waals surface area contributed by atoms with E-state index < -0.39 is 0 Å². The first-order valence-electron chi connectivity index (χ1n) is 8.61. The molecule has 1 fully saturated rings. The van der Waals surface area contributed by atoms with E-state index in [4.69, 9.17) is 4.74 Å². The molecule has 0 radical (unpaired) electrons. The zero-order valence-electron chi connectivity index (χ0n) is 14.9. The third-order valence-corrected chi connectivity index (χ3v) is 4.68. The minimum absolute atomic E-state index is 0.742. The number of hydrogen-bond acceptors (Lipinski definition) is 5. The van der Waals surface area contributed by atoms with Crippen molar-refractivity contribution in [1.29, 1.82) is 0 Å². The van der Waals surface area contributed by atoms with Crippen LogP contribution in [-0.2, 0) is 13.6 Å². The van der Waals surface area contributed by atoms with E-state index in [0.29, 0.717) is 0 Å². The van der Waals surface area contributed by atoms with Gasteiger partial charge in [-0.15, -0.1) is 10.2 Å². The molecule has 1 aromatic heterocycles. The first-order valence-corrected chi connectivity index (χ1v) is 8.61. The zero-order chi connectivity index (χ0) is 16.9. The minimum Gasteiger partial charge on any atom is -0.492 e. The molecule has 0 atom stereocenters. The molecule has 0 spiro atoms. The summed E-state index contributed by atoms with van der Waals surface area (Å²) in [6.45, 7) is 11.0. The van der Waals surface area contributed by atoms with Crippen LogP contribution in [0.25, 0.3) is 0 Å². The van der Waals surface area contributed by atoms with Crippen molar-refractivity contribution in [2.75, 3.05) is 39.3 Å². The molecule has 2 heterocycles. The zero-order valence-corrected chi connectivity index (χ0v) is 14.9. The Morgan fingerprint density at radius 1 is 1.04 bits per heavy atom. The van der Waals surface area contributed by atoms with E-state index in [1.807, 2.05) is 26.1 Å². The summed E-state index contributed by atoms with van der Waals surface area (Å²) < 4.78 is 7.93. The molecule has 3 rings (SSSR count). The lowest BCUT2D eigenvalue weighted by Gasteiger charge is -2.34. The van der Waals surface area contributed by atoms with Crippen LogP contribution in [0.1, 0.15) is 17.2 Å². The van der Waals surface area contributed by atoms with Crippen molar-refractivity contribution < 1.29 is 4.74 Å². The van der Waals surface area contributed by atoms with Gasteiger partial charge in [-0.3, -0.25) is 9.80 Å². The number of aryl methyl sites for hydroxylation is 2. The third-order valence-electron chi connectivity index (χ3n) is 4.68. The smallest absolute Gasteiger partial charge is 0.146 e. The Labute approximate surface area is 144 Å². The Kier molecular flexibility index (Phi) is 5.48. The predicted molar refractivity (Wildman–Crippen MR) is 94.1 cm³/mol. The predicted octanol–water partition coefficient (Wildman–Crippen LogP) is 1.63. The molecule has 1 aliphatic heterocycles. The lowest BCUT2D eigenvalue weighted by atomic mass is 10.2. The van der Waals surface area contributed by atoms with Gasteiger partial charge in [0.15, 0.2) is 0 Å². The highest BCUT2D eigenvalue weighted by Gasteiger charge is 2.18. The SMILES string of the molecule is Cc1cccc(OCCN2CCN(Cc3nnc(C)n3C)CC2)c1. The maximum absolute atomic E-state index is 5.85. The maximum atomic E-state index is 5.85. The van der Waals surface area contributed by atoms with Gasteiger partial charge in [-0.05, 0) is 31.5 Å². The van der Waals surface area contributed by atoms with Crippen LogP contribution in [-0.4, -0.2) is 63.9 Å². The molecule has 0 amide bonds. The summed E-state index contributed by atoms with van der Waals surface area (Å²) >= 11 is 0. The van der Waals surface area contributed by atoms with E-state index in [0.717, 1.165) is 63.3 Å². The lowest BCUT2D eigenvalue weighted by Crippen LogP contribution is -2.47. The Bertz CT molecular complexity index is 661. The Morgan fingerprint density at radius 3 is 2.46 bits per heavy atom. The van der Waals surface area contributed by atoms with Crippen LogP contribution >= 0.6 is 0 Å². The highest BCUT2D eigenvalue weighted by molar-refractivity contribution is 5.27. The summed E-state index contributed by atoms with van der Waals surface area (Å²) in [5, 5.41) is 8.39. The molecule has 24 heavy (non-hydrogen) atoms. The summed E-state index contributed by atoms with van der Waals surface area (Å²) in [7, 11) is 2.03. The second-order valence-electron chi connectivity index (χ2n) is 6.51. The topological polar surface area (TPSA) is 46.4 Å². The fourth-order valence-electron chi connectivity index (χ4n) is 2.96. The van der Waals surface area contributed by atoms with Gasteiger partial charge in [-0.2, -0.15) is 0 Å². The van der Waals surface area contributed by atoms with Crippen molar-refractivity contribution in [3.05, 3.63) is 41.5 Å². The molecule has 6 heteroatoms. The van der Waals surface area contributed by atoms with Gasteiger partial charge in [0.05, 0.1) is 6.54 Å². The molecule has 0 aliphatic carbocycles. The van der Waals surface area contributed by atoms with Gasteiger partial charge in [0.25, 0.3) is 0 Å². The van der Waals surface area contributed by atoms with Crippen molar-refractivity contribution in [2.24, 2.45) is 7.05 Å². The highest BCUT2D eigenvalue weighted by atomic mass is 16.5.